The molecule has 1 aliphatic carbocycles. The molecule has 1 heterocycles. The number of halogens is 2. The number of aromatic nitrogens is 1. The minimum Gasteiger partial charge on any atom is -0.452 e. The van der Waals surface area contributed by atoms with Crippen LogP contribution in [0, 0.1) is 5.82 Å². The maximum atomic E-state index is 14.5. The number of hydrogen-bond donors (Lipinski definition) is 1. The minimum absolute atomic E-state index is 0.226. The monoisotopic (exact) mass is 514 g/mol. The molecule has 3 aromatic carbocycles. The highest BCUT2D eigenvalue weighted by atomic mass is 35.5. The highest BCUT2D eigenvalue weighted by molar-refractivity contribution is 6.32. The second-order valence-electron chi connectivity index (χ2n) is 8.91. The van der Waals surface area contributed by atoms with Gasteiger partial charge in [0.1, 0.15) is 5.82 Å². The molecule has 1 atom stereocenters. The number of ether oxygens (including phenoxy) is 1. The van der Waals surface area contributed by atoms with E-state index in [1.807, 2.05) is 61.5 Å². The zero-order valence-electron chi connectivity index (χ0n) is 20.1. The number of nitrogens with one attached hydrogen (secondary N) is 1. The van der Waals surface area contributed by atoms with Gasteiger partial charge in [-0.2, -0.15) is 0 Å². The number of para-hydroxylation sites is 1. The second-order valence-corrected chi connectivity index (χ2v) is 9.32. The average molecular weight is 515 g/mol. The van der Waals surface area contributed by atoms with Crippen LogP contribution < -0.4 is 5.32 Å². The lowest BCUT2D eigenvalue weighted by Gasteiger charge is -2.15. The molecule has 1 amide bonds. The summed E-state index contributed by atoms with van der Waals surface area (Å²) in [5.41, 5.74) is 4.36. The number of carbonyl (C=O) groups is 2. The van der Waals surface area contributed by atoms with Crippen LogP contribution in [-0.4, -0.2) is 23.5 Å². The van der Waals surface area contributed by atoms with Crippen LogP contribution in [-0.2, 0) is 16.0 Å². The van der Waals surface area contributed by atoms with Crippen LogP contribution in [0.4, 0.5) is 4.39 Å². The summed E-state index contributed by atoms with van der Waals surface area (Å²) in [5.74, 6) is -1.42. The number of pyridine rings is 1. The van der Waals surface area contributed by atoms with Crippen molar-refractivity contribution in [1.29, 1.82) is 0 Å². The highest BCUT2D eigenvalue weighted by Gasteiger charge is 2.28. The summed E-state index contributed by atoms with van der Waals surface area (Å²) in [7, 11) is 0. The molecule has 1 aromatic heterocycles. The molecule has 0 bridgehead atoms. The van der Waals surface area contributed by atoms with E-state index in [0.717, 1.165) is 16.7 Å². The number of esters is 1. The van der Waals surface area contributed by atoms with E-state index in [1.54, 1.807) is 18.2 Å². The number of hydrogen-bond acceptors (Lipinski definition) is 4. The third-order valence-corrected chi connectivity index (χ3v) is 6.81. The molecule has 0 saturated heterocycles. The summed E-state index contributed by atoms with van der Waals surface area (Å²) in [5, 5.41) is 3.80. The van der Waals surface area contributed by atoms with E-state index in [1.165, 1.54) is 6.07 Å². The van der Waals surface area contributed by atoms with Gasteiger partial charge in [0.05, 0.1) is 27.8 Å². The first-order valence-electron chi connectivity index (χ1n) is 12.0. The third-order valence-electron chi connectivity index (χ3n) is 6.48. The van der Waals surface area contributed by atoms with Gasteiger partial charge in [0.2, 0.25) is 0 Å². The first kappa shape index (κ1) is 24.7. The number of carbonyl (C=O) groups excluding carboxylic acids is 2. The molecule has 1 unspecified atom stereocenters. The van der Waals surface area contributed by atoms with Crippen LogP contribution >= 0.6 is 11.6 Å². The van der Waals surface area contributed by atoms with Gasteiger partial charge in [0.25, 0.3) is 5.91 Å². The van der Waals surface area contributed by atoms with E-state index in [0.29, 0.717) is 40.0 Å². The number of amides is 1. The molecule has 0 saturated carbocycles. The lowest BCUT2D eigenvalue weighted by atomic mass is 10.0. The fraction of sp³-hybridized carbons (Fsp3) is 0.167. The van der Waals surface area contributed by atoms with Gasteiger partial charge in [-0.1, -0.05) is 66.2 Å². The van der Waals surface area contributed by atoms with Crippen LogP contribution in [0.1, 0.15) is 52.1 Å². The lowest BCUT2D eigenvalue weighted by Crippen LogP contribution is -2.31. The molecule has 0 fully saturated rings. The summed E-state index contributed by atoms with van der Waals surface area (Å²) in [6, 6.07) is 21.1. The summed E-state index contributed by atoms with van der Waals surface area (Å²) in [6.45, 7) is 1.46. The molecule has 0 radical (unpaired) electrons. The van der Waals surface area contributed by atoms with Crippen molar-refractivity contribution in [2.24, 2.45) is 0 Å². The van der Waals surface area contributed by atoms with Crippen molar-refractivity contribution in [3.63, 3.8) is 0 Å². The van der Waals surface area contributed by atoms with Crippen molar-refractivity contribution in [3.8, 4) is 0 Å². The van der Waals surface area contributed by atoms with Crippen molar-refractivity contribution in [2.75, 3.05) is 6.61 Å². The Labute approximate surface area is 218 Å². The smallest absolute Gasteiger partial charge is 0.339 e. The normalized spacial score (nSPS) is 14.4. The minimum atomic E-state index is -0.595. The largest absolute Gasteiger partial charge is 0.452 e. The van der Waals surface area contributed by atoms with E-state index >= 15 is 0 Å². The maximum absolute atomic E-state index is 14.5. The number of nitrogens with zero attached hydrogens (tertiary/aromatic N) is 1. The molecule has 37 heavy (non-hydrogen) atoms. The number of fused-ring (bicyclic) bond motifs is 2. The first-order chi connectivity index (χ1) is 17.9. The van der Waals surface area contributed by atoms with Gasteiger partial charge >= 0.3 is 5.97 Å². The Morgan fingerprint density at radius 2 is 1.81 bits per heavy atom. The zero-order chi connectivity index (χ0) is 25.9. The van der Waals surface area contributed by atoms with Gasteiger partial charge in [-0.05, 0) is 60.7 Å². The fourth-order valence-electron chi connectivity index (χ4n) is 4.65. The number of rotatable bonds is 6. The quantitative estimate of drug-likeness (QED) is 0.296. The molecule has 5 rings (SSSR count). The molecule has 186 valence electrons. The Balaban J connectivity index is 1.43. The SMILES string of the molecule is CC(NC(=O)COC(=O)c1c2c(nc3ccccc13)/C(=C/c1c(F)cccc1Cl)CC2)c1ccccc1. The molecule has 1 N–H and O–H groups in total. The van der Waals surface area contributed by atoms with Gasteiger partial charge in [-0.3, -0.25) is 4.79 Å². The molecule has 4 aromatic rings. The van der Waals surface area contributed by atoms with Crippen LogP contribution in [0.3, 0.4) is 0 Å². The molecule has 1 aliphatic rings. The predicted molar refractivity (Wildman–Crippen MR) is 143 cm³/mol. The molecular formula is C30H24ClFN2O3. The van der Waals surface area contributed by atoms with E-state index in [-0.39, 0.29) is 11.6 Å². The average Bonchev–Trinajstić information content (AvgIpc) is 3.30. The Kier molecular flexibility index (Phi) is 7.01. The maximum Gasteiger partial charge on any atom is 0.339 e. The Bertz CT molecular complexity index is 1510. The molecular weight excluding hydrogens is 491 g/mol. The Morgan fingerprint density at radius 3 is 2.59 bits per heavy atom. The summed E-state index contributed by atoms with van der Waals surface area (Å²) >= 11 is 6.24. The first-order valence-corrected chi connectivity index (χ1v) is 12.4. The van der Waals surface area contributed by atoms with Crippen molar-refractivity contribution in [3.05, 3.63) is 112 Å². The predicted octanol–water partition coefficient (Wildman–Crippen LogP) is 6.55. The zero-order valence-corrected chi connectivity index (χ0v) is 20.9. The lowest BCUT2D eigenvalue weighted by molar-refractivity contribution is -0.124. The van der Waals surface area contributed by atoms with Gasteiger partial charge in [0.15, 0.2) is 6.61 Å². The number of allylic oxidation sites excluding steroid dienone is 1. The van der Waals surface area contributed by atoms with E-state index in [2.05, 4.69) is 5.32 Å². The van der Waals surface area contributed by atoms with Gasteiger partial charge in [-0.15, -0.1) is 0 Å². The fourth-order valence-corrected chi connectivity index (χ4v) is 4.86. The summed E-state index contributed by atoms with van der Waals surface area (Å²) in [6.07, 6.45) is 2.80. The van der Waals surface area contributed by atoms with Crippen molar-refractivity contribution in [2.45, 2.75) is 25.8 Å². The van der Waals surface area contributed by atoms with Crippen molar-refractivity contribution >= 4 is 46.0 Å². The van der Waals surface area contributed by atoms with E-state index < -0.39 is 24.3 Å². The summed E-state index contributed by atoms with van der Waals surface area (Å²) in [4.78, 5) is 30.6. The third kappa shape index (κ3) is 5.11. The van der Waals surface area contributed by atoms with Crippen LogP contribution in [0.5, 0.6) is 0 Å². The Morgan fingerprint density at radius 1 is 1.05 bits per heavy atom. The van der Waals surface area contributed by atoms with E-state index in [9.17, 15) is 14.0 Å². The number of benzene rings is 3. The topological polar surface area (TPSA) is 68.3 Å². The van der Waals surface area contributed by atoms with Crippen LogP contribution in [0.15, 0.2) is 72.8 Å². The standard InChI is InChI=1S/C30H24ClFN2O3/c1-18(19-8-3-2-4-9-19)33-27(35)17-37-30(36)28-21-10-5-6-13-26(21)34-29-20(14-15-22(28)29)16-23-24(31)11-7-12-25(23)32/h2-13,16,18H,14-15,17H2,1H3,(H,33,35)/b20-16+. The molecule has 7 heteroatoms. The Hall–Kier alpha value is -4.03. The second kappa shape index (κ2) is 10.5. The van der Waals surface area contributed by atoms with Crippen molar-refractivity contribution in [1.82, 2.24) is 10.3 Å². The highest BCUT2D eigenvalue weighted by Crippen LogP contribution is 2.38. The van der Waals surface area contributed by atoms with E-state index in [4.69, 9.17) is 21.3 Å². The van der Waals surface area contributed by atoms with Crippen LogP contribution in [0.2, 0.25) is 5.02 Å². The van der Waals surface area contributed by atoms with Gasteiger partial charge < -0.3 is 10.1 Å². The van der Waals surface area contributed by atoms with Crippen LogP contribution in [0.25, 0.3) is 22.6 Å². The molecule has 5 nitrogen and oxygen atoms in total. The van der Waals surface area contributed by atoms with Gasteiger partial charge in [-0.25, -0.2) is 14.2 Å². The van der Waals surface area contributed by atoms with Crippen molar-refractivity contribution < 1.29 is 18.7 Å². The van der Waals surface area contributed by atoms with Gasteiger partial charge in [0, 0.05) is 10.9 Å². The molecule has 0 spiro atoms. The molecule has 0 aliphatic heterocycles. The summed E-state index contributed by atoms with van der Waals surface area (Å²) < 4.78 is 19.9.